The number of H-pyrrole nitrogens is 1. The van der Waals surface area contributed by atoms with Gasteiger partial charge in [-0.3, -0.25) is 0 Å². The fourth-order valence-electron chi connectivity index (χ4n) is 1.02. The Hall–Kier alpha value is -0.660. The van der Waals surface area contributed by atoms with Crippen LogP contribution in [0.3, 0.4) is 0 Å². The third-order valence-corrected chi connectivity index (χ3v) is 1.75. The quantitative estimate of drug-likeness (QED) is 0.653. The molecule has 3 heteroatoms. The fourth-order valence-corrected chi connectivity index (χ4v) is 1.19. The minimum absolute atomic E-state index is 0. The molecule has 0 radical (unpaired) electrons. The van der Waals surface area contributed by atoms with Gasteiger partial charge >= 0.3 is 0 Å². The van der Waals surface area contributed by atoms with Gasteiger partial charge in [-0.25, -0.2) is 0 Å². The highest BCUT2D eigenvalue weighted by atomic mass is 35.5. The van der Waals surface area contributed by atoms with Crippen LogP contribution in [0.15, 0.2) is 30.5 Å². The minimum atomic E-state index is 0. The fraction of sp³-hybridized carbons (Fsp3) is 0. The van der Waals surface area contributed by atoms with Crippen molar-refractivity contribution in [3.63, 3.8) is 0 Å². The average molecular weight is 188 g/mol. The molecule has 1 heterocycles. The summed E-state index contributed by atoms with van der Waals surface area (Å²) in [4.78, 5) is 3.08. The summed E-state index contributed by atoms with van der Waals surface area (Å²) in [5.41, 5.74) is 1.09. The van der Waals surface area contributed by atoms with Gasteiger partial charge < -0.3 is 4.98 Å². The van der Waals surface area contributed by atoms with Gasteiger partial charge in [0.1, 0.15) is 0 Å². The first-order chi connectivity index (χ1) is 4.86. The van der Waals surface area contributed by atoms with Crippen LogP contribution in [0.2, 0.25) is 5.02 Å². The van der Waals surface area contributed by atoms with E-state index in [-0.39, 0.29) is 12.4 Å². The molecule has 2 rings (SSSR count). The number of aromatic amines is 1. The molecule has 2 aromatic rings. The van der Waals surface area contributed by atoms with Gasteiger partial charge in [0.25, 0.3) is 0 Å². The minimum Gasteiger partial charge on any atom is -0.361 e. The molecule has 0 fully saturated rings. The Morgan fingerprint density at radius 1 is 1.18 bits per heavy atom. The van der Waals surface area contributed by atoms with E-state index in [9.17, 15) is 0 Å². The molecule has 0 saturated carbocycles. The van der Waals surface area contributed by atoms with Crippen LogP contribution in [0.1, 0.15) is 0 Å². The lowest BCUT2D eigenvalue weighted by atomic mass is 10.2. The molecule has 0 aliphatic carbocycles. The van der Waals surface area contributed by atoms with E-state index in [0.29, 0.717) is 0 Å². The summed E-state index contributed by atoms with van der Waals surface area (Å²) in [6.07, 6.45) is 1.90. The maximum Gasteiger partial charge on any atom is 0.0468 e. The van der Waals surface area contributed by atoms with Crippen molar-refractivity contribution in [2.24, 2.45) is 0 Å². The molecule has 0 aliphatic rings. The van der Waals surface area contributed by atoms with Crippen molar-refractivity contribution >= 4 is 34.9 Å². The molecule has 11 heavy (non-hydrogen) atoms. The van der Waals surface area contributed by atoms with E-state index in [1.807, 2.05) is 30.5 Å². The second kappa shape index (κ2) is 3.16. The Balaban J connectivity index is 0.000000605. The van der Waals surface area contributed by atoms with Crippen molar-refractivity contribution in [3.8, 4) is 0 Å². The van der Waals surface area contributed by atoms with Crippen LogP contribution >= 0.6 is 24.0 Å². The van der Waals surface area contributed by atoms with E-state index in [1.165, 1.54) is 5.39 Å². The van der Waals surface area contributed by atoms with Gasteiger partial charge in [-0.2, -0.15) is 0 Å². The van der Waals surface area contributed by atoms with E-state index in [0.717, 1.165) is 10.5 Å². The van der Waals surface area contributed by atoms with Gasteiger partial charge in [0.15, 0.2) is 0 Å². The monoisotopic (exact) mass is 187 g/mol. The van der Waals surface area contributed by atoms with Crippen molar-refractivity contribution in [2.45, 2.75) is 0 Å². The first-order valence-electron chi connectivity index (χ1n) is 3.09. The predicted molar refractivity (Wildman–Crippen MR) is 50.6 cm³/mol. The first-order valence-corrected chi connectivity index (χ1v) is 3.47. The molecule has 1 aromatic heterocycles. The standard InChI is InChI=1S/C8H6ClN.ClH/c9-7-2-1-6-3-4-10-8(6)5-7;/h1-5,10H;1H. The summed E-state index contributed by atoms with van der Waals surface area (Å²) in [6.45, 7) is 0. The summed E-state index contributed by atoms with van der Waals surface area (Å²) >= 11 is 5.76. The smallest absolute Gasteiger partial charge is 0.0468 e. The van der Waals surface area contributed by atoms with Gasteiger partial charge in [-0.15, -0.1) is 12.4 Å². The SMILES string of the molecule is Cl.Clc1ccc2cc[nH]c2c1. The van der Waals surface area contributed by atoms with E-state index >= 15 is 0 Å². The molecule has 58 valence electrons. The molecule has 0 amide bonds. The van der Waals surface area contributed by atoms with Crippen molar-refractivity contribution in [1.82, 2.24) is 4.98 Å². The number of benzene rings is 1. The maximum atomic E-state index is 5.76. The van der Waals surface area contributed by atoms with Crippen LogP contribution < -0.4 is 0 Å². The molecule has 0 saturated heterocycles. The summed E-state index contributed by atoms with van der Waals surface area (Å²) in [6, 6.07) is 7.81. The van der Waals surface area contributed by atoms with Crippen LogP contribution in [0, 0.1) is 0 Å². The highest BCUT2D eigenvalue weighted by Crippen LogP contribution is 2.16. The number of fused-ring (bicyclic) bond motifs is 1. The van der Waals surface area contributed by atoms with Gasteiger partial charge in [0.05, 0.1) is 0 Å². The Bertz CT molecular complexity index is 354. The van der Waals surface area contributed by atoms with Crippen LogP contribution in [-0.4, -0.2) is 4.98 Å². The van der Waals surface area contributed by atoms with Crippen LogP contribution in [0.25, 0.3) is 10.9 Å². The number of halogens is 2. The lowest BCUT2D eigenvalue weighted by Crippen LogP contribution is -1.65. The molecule has 0 unspecified atom stereocenters. The lowest BCUT2D eigenvalue weighted by molar-refractivity contribution is 1.48. The third-order valence-electron chi connectivity index (χ3n) is 1.52. The molecular weight excluding hydrogens is 181 g/mol. The Labute approximate surface area is 75.8 Å². The van der Waals surface area contributed by atoms with Crippen molar-refractivity contribution in [3.05, 3.63) is 35.5 Å². The number of aromatic nitrogens is 1. The summed E-state index contributed by atoms with van der Waals surface area (Å²) in [7, 11) is 0. The van der Waals surface area contributed by atoms with Crippen molar-refractivity contribution in [2.75, 3.05) is 0 Å². The molecular formula is C8H7Cl2N. The Kier molecular flexibility index (Phi) is 2.42. The molecule has 1 aromatic carbocycles. The second-order valence-corrected chi connectivity index (χ2v) is 2.65. The largest absolute Gasteiger partial charge is 0.361 e. The highest BCUT2D eigenvalue weighted by Gasteiger charge is 1.92. The highest BCUT2D eigenvalue weighted by molar-refractivity contribution is 6.31. The predicted octanol–water partition coefficient (Wildman–Crippen LogP) is 3.24. The molecule has 0 bridgehead atoms. The summed E-state index contributed by atoms with van der Waals surface area (Å²) in [5.74, 6) is 0. The van der Waals surface area contributed by atoms with E-state index in [2.05, 4.69) is 4.98 Å². The Morgan fingerprint density at radius 2 is 2.00 bits per heavy atom. The zero-order chi connectivity index (χ0) is 6.97. The van der Waals surface area contributed by atoms with Crippen LogP contribution in [-0.2, 0) is 0 Å². The second-order valence-electron chi connectivity index (χ2n) is 2.21. The van der Waals surface area contributed by atoms with Crippen molar-refractivity contribution < 1.29 is 0 Å². The van der Waals surface area contributed by atoms with Gasteiger partial charge in [0, 0.05) is 16.7 Å². The number of hydrogen-bond acceptors (Lipinski definition) is 0. The Morgan fingerprint density at radius 3 is 2.82 bits per heavy atom. The van der Waals surface area contributed by atoms with Gasteiger partial charge in [0.2, 0.25) is 0 Å². The maximum absolute atomic E-state index is 5.76. The van der Waals surface area contributed by atoms with E-state index < -0.39 is 0 Å². The number of rotatable bonds is 0. The number of hydrogen-bond donors (Lipinski definition) is 1. The van der Waals surface area contributed by atoms with E-state index in [1.54, 1.807) is 0 Å². The van der Waals surface area contributed by atoms with Crippen LogP contribution in [0.5, 0.6) is 0 Å². The average Bonchev–Trinajstić information content (AvgIpc) is 2.33. The lowest BCUT2D eigenvalue weighted by Gasteiger charge is -1.88. The molecule has 1 nitrogen and oxygen atoms in total. The summed E-state index contributed by atoms with van der Waals surface area (Å²) < 4.78 is 0. The van der Waals surface area contributed by atoms with Crippen molar-refractivity contribution in [1.29, 1.82) is 0 Å². The normalized spacial score (nSPS) is 9.55. The number of nitrogens with one attached hydrogen (secondary N) is 1. The molecule has 0 atom stereocenters. The van der Waals surface area contributed by atoms with Crippen LogP contribution in [0.4, 0.5) is 0 Å². The zero-order valence-corrected chi connectivity index (χ0v) is 7.25. The molecule has 0 aliphatic heterocycles. The summed E-state index contributed by atoms with van der Waals surface area (Å²) in [5, 5.41) is 1.97. The first kappa shape index (κ1) is 8.44. The molecule has 1 N–H and O–H groups in total. The topological polar surface area (TPSA) is 15.8 Å². The van der Waals surface area contributed by atoms with E-state index in [4.69, 9.17) is 11.6 Å². The third kappa shape index (κ3) is 1.50. The zero-order valence-electron chi connectivity index (χ0n) is 5.67. The van der Waals surface area contributed by atoms with Gasteiger partial charge in [-0.1, -0.05) is 17.7 Å². The van der Waals surface area contributed by atoms with Gasteiger partial charge in [-0.05, 0) is 23.6 Å². The molecule has 0 spiro atoms.